The van der Waals surface area contributed by atoms with E-state index >= 15 is 0 Å². The average Bonchev–Trinajstić information content (AvgIpc) is 3.20. The van der Waals surface area contributed by atoms with Crippen molar-refractivity contribution in [2.75, 3.05) is 18.9 Å². The van der Waals surface area contributed by atoms with E-state index in [0.29, 0.717) is 27.5 Å². The summed E-state index contributed by atoms with van der Waals surface area (Å²) in [6.07, 6.45) is 0. The summed E-state index contributed by atoms with van der Waals surface area (Å²) in [5.41, 5.74) is 3.27. The van der Waals surface area contributed by atoms with Crippen molar-refractivity contribution in [1.29, 1.82) is 0 Å². The van der Waals surface area contributed by atoms with Gasteiger partial charge in [0.1, 0.15) is 0 Å². The first-order chi connectivity index (χ1) is 14.9. The van der Waals surface area contributed by atoms with Gasteiger partial charge in [-0.15, -0.1) is 0 Å². The number of carbonyl (C=O) groups is 1. The maximum absolute atomic E-state index is 12.6. The lowest BCUT2D eigenvalue weighted by molar-refractivity contribution is 0.102. The summed E-state index contributed by atoms with van der Waals surface area (Å²) in [6.45, 7) is 2.16. The van der Waals surface area contributed by atoms with E-state index in [1.54, 1.807) is 38.2 Å². The lowest BCUT2D eigenvalue weighted by atomic mass is 10.0. The molecule has 0 atom stereocenters. The van der Waals surface area contributed by atoms with Crippen molar-refractivity contribution in [3.63, 3.8) is 0 Å². The molecule has 0 saturated heterocycles. The smallest absolute Gasteiger partial charge is 0.257 e. The molecule has 0 aliphatic rings. The minimum atomic E-state index is -3.54. The van der Waals surface area contributed by atoms with Crippen LogP contribution < -0.4 is 5.32 Å². The van der Waals surface area contributed by atoms with Gasteiger partial charge in [0.05, 0.1) is 15.1 Å². The fourth-order valence-electron chi connectivity index (χ4n) is 3.08. The average molecular weight is 452 g/mol. The Bertz CT molecular complexity index is 1330. The first kappa shape index (κ1) is 21.2. The van der Waals surface area contributed by atoms with Gasteiger partial charge in [0, 0.05) is 19.2 Å². The summed E-state index contributed by atoms with van der Waals surface area (Å²) >= 11 is 1.24. The van der Waals surface area contributed by atoms with E-state index in [1.165, 1.54) is 21.7 Å². The first-order valence-corrected chi connectivity index (χ1v) is 12.0. The van der Waals surface area contributed by atoms with Gasteiger partial charge in [0.25, 0.3) is 5.91 Å². The van der Waals surface area contributed by atoms with Crippen molar-refractivity contribution in [1.82, 2.24) is 9.29 Å². The summed E-state index contributed by atoms with van der Waals surface area (Å²) in [4.78, 5) is 17.3. The van der Waals surface area contributed by atoms with Gasteiger partial charge in [0.15, 0.2) is 5.13 Å². The zero-order chi connectivity index (χ0) is 22.0. The number of benzene rings is 3. The highest BCUT2D eigenvalue weighted by Gasteiger charge is 2.20. The second-order valence-electron chi connectivity index (χ2n) is 6.97. The van der Waals surface area contributed by atoms with Crippen LogP contribution >= 0.6 is 11.3 Å². The highest BCUT2D eigenvalue weighted by Crippen LogP contribution is 2.29. The fourth-order valence-corrected chi connectivity index (χ4v) is 5.26. The molecule has 0 aliphatic heterocycles. The zero-order valence-electron chi connectivity index (χ0n) is 17.1. The molecule has 0 aliphatic carbocycles. The van der Waals surface area contributed by atoms with E-state index < -0.39 is 10.0 Å². The zero-order valence-corrected chi connectivity index (χ0v) is 18.7. The predicted molar refractivity (Wildman–Crippen MR) is 125 cm³/mol. The fraction of sp³-hybridized carbons (Fsp3) is 0.130. The molecule has 158 valence electrons. The van der Waals surface area contributed by atoms with Crippen LogP contribution in [0, 0.1) is 0 Å². The third kappa shape index (κ3) is 4.36. The van der Waals surface area contributed by atoms with E-state index in [2.05, 4.69) is 10.3 Å². The van der Waals surface area contributed by atoms with Crippen molar-refractivity contribution in [2.24, 2.45) is 0 Å². The summed E-state index contributed by atoms with van der Waals surface area (Å²) in [5, 5.41) is 3.23. The number of sulfonamides is 1. The molecule has 0 unspecified atom stereocenters. The molecule has 0 saturated carbocycles. The Labute approximate surface area is 185 Å². The van der Waals surface area contributed by atoms with Crippen LogP contribution in [-0.4, -0.2) is 37.2 Å². The van der Waals surface area contributed by atoms with Crippen LogP contribution in [0.3, 0.4) is 0 Å². The van der Waals surface area contributed by atoms with Crippen LogP contribution in [0.1, 0.15) is 17.3 Å². The maximum atomic E-state index is 12.6. The minimum Gasteiger partial charge on any atom is -0.298 e. The molecule has 1 N–H and O–H groups in total. The van der Waals surface area contributed by atoms with Crippen LogP contribution in [0.15, 0.2) is 77.7 Å². The number of nitrogens with one attached hydrogen (secondary N) is 1. The number of anilines is 1. The molecule has 0 fully saturated rings. The van der Waals surface area contributed by atoms with Crippen molar-refractivity contribution >= 4 is 42.6 Å². The molecule has 0 radical (unpaired) electrons. The van der Waals surface area contributed by atoms with E-state index in [9.17, 15) is 13.2 Å². The van der Waals surface area contributed by atoms with Crippen LogP contribution in [-0.2, 0) is 10.0 Å². The molecule has 4 aromatic rings. The highest BCUT2D eigenvalue weighted by molar-refractivity contribution is 7.89. The highest BCUT2D eigenvalue weighted by atomic mass is 32.2. The molecule has 6 nitrogen and oxygen atoms in total. The second kappa shape index (κ2) is 8.58. The monoisotopic (exact) mass is 451 g/mol. The van der Waals surface area contributed by atoms with Gasteiger partial charge >= 0.3 is 0 Å². The molecule has 8 heteroatoms. The van der Waals surface area contributed by atoms with E-state index in [0.717, 1.165) is 11.1 Å². The lowest BCUT2D eigenvalue weighted by Crippen LogP contribution is -2.26. The third-order valence-corrected chi connectivity index (χ3v) is 7.85. The van der Waals surface area contributed by atoms with E-state index in [4.69, 9.17) is 0 Å². The molecule has 0 bridgehead atoms. The van der Waals surface area contributed by atoms with Gasteiger partial charge in [-0.05, 0) is 41.5 Å². The van der Waals surface area contributed by atoms with Crippen molar-refractivity contribution < 1.29 is 13.2 Å². The molecule has 4 rings (SSSR count). The van der Waals surface area contributed by atoms with Gasteiger partial charge in [0.2, 0.25) is 10.0 Å². The molecule has 1 aromatic heterocycles. The molecule has 0 spiro atoms. The second-order valence-corrected chi connectivity index (χ2v) is 10.0. The summed E-state index contributed by atoms with van der Waals surface area (Å²) in [7, 11) is -2.00. The Morgan fingerprint density at radius 1 is 1.00 bits per heavy atom. The molecule has 3 aromatic carbocycles. The molecular weight excluding hydrogens is 430 g/mol. The van der Waals surface area contributed by atoms with Gasteiger partial charge in [-0.2, -0.15) is 0 Å². The van der Waals surface area contributed by atoms with Gasteiger partial charge in [-0.3, -0.25) is 10.1 Å². The quantitative estimate of drug-likeness (QED) is 0.454. The summed E-state index contributed by atoms with van der Waals surface area (Å²) in [5.74, 6) is -0.266. The Balaban J connectivity index is 1.54. The lowest BCUT2D eigenvalue weighted by Gasteiger charge is -2.14. The Hall–Kier alpha value is -3.07. The maximum Gasteiger partial charge on any atom is 0.257 e. The third-order valence-electron chi connectivity index (χ3n) is 4.99. The number of rotatable bonds is 6. The molecule has 1 amide bonds. The number of nitrogens with zero attached hydrogens (tertiary/aromatic N) is 2. The number of fused-ring (bicyclic) bond motifs is 1. The Kier molecular flexibility index (Phi) is 5.86. The van der Waals surface area contributed by atoms with Crippen molar-refractivity contribution in [2.45, 2.75) is 11.8 Å². The summed E-state index contributed by atoms with van der Waals surface area (Å²) < 4.78 is 27.1. The number of thiazole rings is 1. The molecule has 31 heavy (non-hydrogen) atoms. The van der Waals surface area contributed by atoms with Gasteiger partial charge in [-0.25, -0.2) is 17.7 Å². The largest absolute Gasteiger partial charge is 0.298 e. The normalized spacial score (nSPS) is 11.7. The number of aromatic nitrogens is 1. The molecular formula is C23H21N3O3S2. The number of amides is 1. The Morgan fingerprint density at radius 3 is 2.35 bits per heavy atom. The Morgan fingerprint density at radius 2 is 1.68 bits per heavy atom. The van der Waals surface area contributed by atoms with Gasteiger partial charge in [-0.1, -0.05) is 60.7 Å². The minimum absolute atomic E-state index is 0.211. The number of hydrogen-bond acceptors (Lipinski definition) is 5. The SMILES string of the molecule is CCN(C)S(=O)(=O)c1ccc2nc(NC(=O)c3ccc(-c4ccccc4)cc3)sc2c1. The van der Waals surface area contributed by atoms with E-state index in [1.807, 2.05) is 42.5 Å². The van der Waals surface area contributed by atoms with Crippen molar-refractivity contribution in [3.05, 3.63) is 78.4 Å². The van der Waals surface area contributed by atoms with Crippen LogP contribution in [0.5, 0.6) is 0 Å². The number of carbonyl (C=O) groups excluding carboxylic acids is 1. The predicted octanol–water partition coefficient (Wildman–Crippen LogP) is 4.86. The van der Waals surface area contributed by atoms with Crippen LogP contribution in [0.4, 0.5) is 5.13 Å². The van der Waals surface area contributed by atoms with Crippen LogP contribution in [0.25, 0.3) is 21.3 Å². The van der Waals surface area contributed by atoms with Crippen molar-refractivity contribution in [3.8, 4) is 11.1 Å². The van der Waals surface area contributed by atoms with Gasteiger partial charge < -0.3 is 0 Å². The van der Waals surface area contributed by atoms with Crippen LogP contribution in [0.2, 0.25) is 0 Å². The standard InChI is InChI=1S/C23H21N3O3S2/c1-3-26(2)31(28,29)19-13-14-20-21(15-19)30-23(24-20)25-22(27)18-11-9-17(10-12-18)16-7-5-4-6-8-16/h4-15H,3H2,1-2H3,(H,24,25,27). The summed E-state index contributed by atoms with van der Waals surface area (Å²) in [6, 6.07) is 22.1. The van der Waals surface area contributed by atoms with E-state index in [-0.39, 0.29) is 10.8 Å². The topological polar surface area (TPSA) is 79.4 Å². The molecule has 1 heterocycles. The first-order valence-electron chi connectivity index (χ1n) is 9.72. The number of hydrogen-bond donors (Lipinski definition) is 1.